The summed E-state index contributed by atoms with van der Waals surface area (Å²) < 4.78 is 0. The Morgan fingerprint density at radius 1 is 0.905 bits per heavy atom. The minimum atomic E-state index is 0.402. The predicted molar refractivity (Wildman–Crippen MR) is 87.4 cm³/mol. The van der Waals surface area contributed by atoms with Crippen molar-refractivity contribution in [3.63, 3.8) is 0 Å². The number of hydrogen-bond acceptors (Lipinski definition) is 0. The molecule has 21 heavy (non-hydrogen) atoms. The Morgan fingerprint density at radius 2 is 1.67 bits per heavy atom. The van der Waals surface area contributed by atoms with E-state index >= 15 is 0 Å². The maximum atomic E-state index is 2.40. The molecule has 0 saturated heterocycles. The smallest absolute Gasteiger partial charge is 0.141 e. The molecule has 0 spiro atoms. The van der Waals surface area contributed by atoms with Crippen LogP contribution < -0.4 is 4.90 Å². The Hall–Kier alpha value is -2.38. The fraction of sp³-hybridized carbons (Fsp3) is 0.100. The lowest BCUT2D eigenvalue weighted by Gasteiger charge is -2.30. The lowest BCUT2D eigenvalue weighted by molar-refractivity contribution is -0.818. The van der Waals surface area contributed by atoms with Gasteiger partial charge in [-0.1, -0.05) is 54.6 Å². The topological polar surface area (TPSA) is 4.44 Å². The van der Waals surface area contributed by atoms with Crippen LogP contribution >= 0.6 is 0 Å². The number of quaternary nitrogens is 1. The minimum Gasteiger partial charge on any atom is -0.272 e. The fourth-order valence-electron chi connectivity index (χ4n) is 3.29. The molecule has 1 N–H and O–H groups in total. The number of hydrogen-bond donors (Lipinski definition) is 1. The lowest BCUT2D eigenvalue weighted by atomic mass is 9.89. The molecule has 0 aliphatic carbocycles. The molecule has 2 atom stereocenters. The van der Waals surface area contributed by atoms with Gasteiger partial charge in [0.2, 0.25) is 0 Å². The van der Waals surface area contributed by atoms with Gasteiger partial charge in [-0.25, -0.2) is 0 Å². The molecule has 0 saturated carbocycles. The van der Waals surface area contributed by atoms with Crippen molar-refractivity contribution in [2.24, 2.45) is 0 Å². The third-order valence-corrected chi connectivity index (χ3v) is 4.38. The first-order valence-corrected chi connectivity index (χ1v) is 7.43. The van der Waals surface area contributed by atoms with Gasteiger partial charge in [0.1, 0.15) is 18.4 Å². The second kappa shape index (κ2) is 4.87. The van der Waals surface area contributed by atoms with E-state index in [9.17, 15) is 0 Å². The van der Waals surface area contributed by atoms with Crippen LogP contribution in [0, 0.1) is 0 Å². The molecule has 0 radical (unpaired) electrons. The van der Waals surface area contributed by atoms with Crippen LogP contribution in [0.15, 0.2) is 78.6 Å². The quantitative estimate of drug-likeness (QED) is 0.809. The molecule has 4 rings (SSSR count). The van der Waals surface area contributed by atoms with Crippen molar-refractivity contribution in [2.45, 2.75) is 13.0 Å². The van der Waals surface area contributed by atoms with Crippen LogP contribution in [0.3, 0.4) is 0 Å². The zero-order chi connectivity index (χ0) is 14.2. The Bertz CT molecular complexity index is 765. The van der Waals surface area contributed by atoms with Gasteiger partial charge >= 0.3 is 0 Å². The van der Waals surface area contributed by atoms with E-state index in [0.717, 1.165) is 0 Å². The van der Waals surface area contributed by atoms with Gasteiger partial charge in [0.25, 0.3) is 0 Å². The molecule has 1 heteroatoms. The summed E-state index contributed by atoms with van der Waals surface area (Å²) in [7, 11) is 0. The molecule has 0 aromatic heterocycles. The van der Waals surface area contributed by atoms with Crippen molar-refractivity contribution >= 4 is 11.6 Å². The Balaban J connectivity index is 1.79. The molecule has 1 nitrogen and oxygen atoms in total. The third-order valence-electron chi connectivity index (χ3n) is 4.38. The van der Waals surface area contributed by atoms with Crippen molar-refractivity contribution in [1.29, 1.82) is 0 Å². The average molecular weight is 272 g/mol. The Morgan fingerprint density at radius 3 is 2.52 bits per heavy atom. The first kappa shape index (κ1) is 12.4. The van der Waals surface area contributed by atoms with Gasteiger partial charge in [-0.3, -0.25) is 4.90 Å². The Labute approximate surface area is 125 Å². The van der Waals surface area contributed by atoms with E-state index < -0.39 is 0 Å². The molecule has 0 amide bonds. The normalized spacial score (nSPS) is 22.9. The molecule has 0 fully saturated rings. The molecule has 2 heterocycles. The van der Waals surface area contributed by atoms with Gasteiger partial charge in [-0.15, -0.1) is 0 Å². The van der Waals surface area contributed by atoms with Gasteiger partial charge < -0.3 is 0 Å². The monoisotopic (exact) mass is 272 g/mol. The standard InChI is InChI=1S/C20H17N/c1-15-13-20-18-10-6-5-9-17(18)11-12-21(20)14-19(15)16-7-3-2-4-8-16/h2-14,20H,1H3/p+1. The van der Waals surface area contributed by atoms with E-state index in [4.69, 9.17) is 0 Å². The molecule has 2 aromatic rings. The van der Waals surface area contributed by atoms with Crippen LogP contribution in [0.5, 0.6) is 0 Å². The zero-order valence-corrected chi connectivity index (χ0v) is 12.1. The first-order chi connectivity index (χ1) is 10.3. The van der Waals surface area contributed by atoms with E-state index in [-0.39, 0.29) is 0 Å². The summed E-state index contributed by atoms with van der Waals surface area (Å²) in [5, 5.41) is 0. The van der Waals surface area contributed by atoms with Crippen molar-refractivity contribution in [1.82, 2.24) is 0 Å². The van der Waals surface area contributed by atoms with Crippen molar-refractivity contribution in [3.8, 4) is 0 Å². The summed E-state index contributed by atoms with van der Waals surface area (Å²) >= 11 is 0. The molecule has 2 aliphatic rings. The van der Waals surface area contributed by atoms with Crippen LogP contribution in [0.4, 0.5) is 0 Å². The van der Waals surface area contributed by atoms with Crippen molar-refractivity contribution < 1.29 is 4.90 Å². The number of rotatable bonds is 1. The molecule has 2 unspecified atom stereocenters. The molecule has 102 valence electrons. The molecule has 2 aromatic carbocycles. The Kier molecular flexibility index (Phi) is 2.87. The zero-order valence-electron chi connectivity index (χ0n) is 12.1. The van der Waals surface area contributed by atoms with Gasteiger partial charge in [-0.2, -0.15) is 0 Å². The highest BCUT2D eigenvalue weighted by atomic mass is 15.1. The van der Waals surface area contributed by atoms with Gasteiger partial charge in [0, 0.05) is 11.1 Å². The summed E-state index contributed by atoms with van der Waals surface area (Å²) in [4.78, 5) is 1.39. The maximum Gasteiger partial charge on any atom is 0.141 e. The van der Waals surface area contributed by atoms with E-state index in [1.54, 1.807) is 0 Å². The molecule has 2 aliphatic heterocycles. The predicted octanol–water partition coefficient (Wildman–Crippen LogP) is 3.60. The van der Waals surface area contributed by atoms with E-state index in [1.807, 2.05) is 0 Å². The van der Waals surface area contributed by atoms with Gasteiger partial charge in [0.05, 0.1) is 0 Å². The highest BCUT2D eigenvalue weighted by Gasteiger charge is 2.29. The highest BCUT2D eigenvalue weighted by Crippen LogP contribution is 2.30. The first-order valence-electron chi connectivity index (χ1n) is 7.43. The van der Waals surface area contributed by atoms with Crippen LogP contribution in [0.25, 0.3) is 11.6 Å². The molecular weight excluding hydrogens is 254 g/mol. The van der Waals surface area contributed by atoms with Gasteiger partial charge in [0.15, 0.2) is 0 Å². The number of nitrogens with one attached hydrogen (secondary N) is 1. The van der Waals surface area contributed by atoms with Crippen molar-refractivity contribution in [3.05, 3.63) is 95.3 Å². The summed E-state index contributed by atoms with van der Waals surface area (Å²) in [6, 6.07) is 19.7. The van der Waals surface area contributed by atoms with Crippen LogP contribution in [-0.2, 0) is 0 Å². The fourth-order valence-corrected chi connectivity index (χ4v) is 3.29. The van der Waals surface area contributed by atoms with Crippen LogP contribution in [-0.4, -0.2) is 0 Å². The third kappa shape index (κ3) is 2.07. The summed E-state index contributed by atoms with van der Waals surface area (Å²) in [6.07, 6.45) is 9.25. The maximum absolute atomic E-state index is 2.40. The van der Waals surface area contributed by atoms with E-state index in [1.165, 1.54) is 32.7 Å². The second-order valence-electron chi connectivity index (χ2n) is 5.71. The van der Waals surface area contributed by atoms with Crippen LogP contribution in [0.2, 0.25) is 0 Å². The molecular formula is C20H18N+. The lowest BCUT2D eigenvalue weighted by Crippen LogP contribution is -3.04. The highest BCUT2D eigenvalue weighted by molar-refractivity contribution is 5.78. The van der Waals surface area contributed by atoms with E-state index in [2.05, 4.69) is 86.1 Å². The van der Waals surface area contributed by atoms with Crippen molar-refractivity contribution in [2.75, 3.05) is 0 Å². The van der Waals surface area contributed by atoms with Gasteiger partial charge in [-0.05, 0) is 35.8 Å². The average Bonchev–Trinajstić information content (AvgIpc) is 2.55. The van der Waals surface area contributed by atoms with E-state index in [0.29, 0.717) is 6.04 Å². The number of fused-ring (bicyclic) bond motifs is 3. The number of allylic oxidation sites excluding steroid dienone is 2. The summed E-state index contributed by atoms with van der Waals surface area (Å²) in [5.74, 6) is 0. The largest absolute Gasteiger partial charge is 0.272 e. The second-order valence-corrected chi connectivity index (χ2v) is 5.71. The van der Waals surface area contributed by atoms with Crippen LogP contribution in [0.1, 0.15) is 29.7 Å². The SMILES string of the molecule is CC1=CC2c3ccccc3C=C[NH+]2C=C1c1ccccc1. The summed E-state index contributed by atoms with van der Waals surface area (Å²) in [5.41, 5.74) is 6.75. The number of benzene rings is 2. The summed E-state index contributed by atoms with van der Waals surface area (Å²) in [6.45, 7) is 2.22. The minimum absolute atomic E-state index is 0.402. The molecule has 0 bridgehead atoms.